The van der Waals surface area contributed by atoms with Crippen molar-refractivity contribution in [1.29, 1.82) is 0 Å². The second-order valence-corrected chi connectivity index (χ2v) is 8.53. The van der Waals surface area contributed by atoms with Crippen LogP contribution in [0.3, 0.4) is 0 Å². The molecule has 0 spiro atoms. The predicted molar refractivity (Wildman–Crippen MR) is 99.7 cm³/mol. The van der Waals surface area contributed by atoms with E-state index in [2.05, 4.69) is 5.32 Å². The van der Waals surface area contributed by atoms with Gasteiger partial charge in [-0.1, -0.05) is 23.7 Å². The Morgan fingerprint density at radius 1 is 1.20 bits per heavy atom. The summed E-state index contributed by atoms with van der Waals surface area (Å²) in [6, 6.07) is 6.72. The molecule has 3 rings (SSSR count). The average Bonchev–Trinajstić information content (AvgIpc) is 3.08. The van der Waals surface area contributed by atoms with Gasteiger partial charge in [-0.3, -0.25) is 4.79 Å². The van der Waals surface area contributed by atoms with Crippen LogP contribution in [0.25, 0.3) is 0 Å². The largest absolute Gasteiger partial charge is 0.340 e. The Hall–Kier alpha value is -0.860. The van der Waals surface area contributed by atoms with Gasteiger partial charge in [-0.05, 0) is 31.5 Å². The van der Waals surface area contributed by atoms with Crippen molar-refractivity contribution in [3.05, 3.63) is 29.3 Å². The van der Waals surface area contributed by atoms with Crippen LogP contribution >= 0.6 is 24.0 Å². The normalized spacial score (nSPS) is 21.8. The molecular weight excluding hydrogens is 385 g/mol. The lowest BCUT2D eigenvalue weighted by atomic mass is 10.1. The van der Waals surface area contributed by atoms with Crippen LogP contribution in [0.5, 0.6) is 0 Å². The first-order valence-corrected chi connectivity index (χ1v) is 10.1. The zero-order valence-electron chi connectivity index (χ0n) is 13.9. The van der Waals surface area contributed by atoms with Crippen molar-refractivity contribution in [3.63, 3.8) is 0 Å². The van der Waals surface area contributed by atoms with E-state index in [4.69, 9.17) is 11.6 Å². The molecule has 1 aromatic rings. The minimum atomic E-state index is -3.61. The highest BCUT2D eigenvalue weighted by Crippen LogP contribution is 2.25. The van der Waals surface area contributed by atoms with Crippen LogP contribution in [0, 0.1) is 0 Å². The topological polar surface area (TPSA) is 69.7 Å². The Kier molecular flexibility index (Phi) is 7.10. The molecule has 0 radical (unpaired) electrons. The third-order valence-electron chi connectivity index (χ3n) is 4.63. The third-order valence-corrected chi connectivity index (χ3v) is 7.03. The summed E-state index contributed by atoms with van der Waals surface area (Å²) in [6.45, 7) is 2.43. The maximum atomic E-state index is 12.7. The van der Waals surface area contributed by atoms with E-state index >= 15 is 0 Å². The van der Waals surface area contributed by atoms with Crippen molar-refractivity contribution in [2.24, 2.45) is 0 Å². The number of nitrogens with zero attached hydrogens (tertiary/aromatic N) is 2. The maximum Gasteiger partial charge on any atom is 0.244 e. The van der Waals surface area contributed by atoms with Gasteiger partial charge in [0.25, 0.3) is 0 Å². The fraction of sp³-hybridized carbons (Fsp3) is 0.562. The summed E-state index contributed by atoms with van der Waals surface area (Å²) in [5.74, 6) is 0.101. The molecule has 9 heteroatoms. The lowest BCUT2D eigenvalue weighted by Gasteiger charge is -2.34. The number of benzene rings is 1. The first kappa shape index (κ1) is 20.5. The number of amides is 1. The van der Waals surface area contributed by atoms with Crippen LogP contribution in [0.1, 0.15) is 19.3 Å². The van der Waals surface area contributed by atoms with E-state index in [-0.39, 0.29) is 34.3 Å². The van der Waals surface area contributed by atoms with Gasteiger partial charge < -0.3 is 10.2 Å². The molecule has 2 aliphatic rings. The van der Waals surface area contributed by atoms with E-state index in [9.17, 15) is 13.2 Å². The van der Waals surface area contributed by atoms with Gasteiger partial charge in [0.15, 0.2) is 0 Å². The first-order chi connectivity index (χ1) is 11.5. The highest BCUT2D eigenvalue weighted by atomic mass is 35.5. The molecule has 1 amide bonds. The van der Waals surface area contributed by atoms with Gasteiger partial charge in [0, 0.05) is 38.6 Å². The average molecular weight is 408 g/mol. The summed E-state index contributed by atoms with van der Waals surface area (Å²) >= 11 is 6.02. The van der Waals surface area contributed by atoms with Gasteiger partial charge >= 0.3 is 0 Å². The van der Waals surface area contributed by atoms with E-state index in [0.29, 0.717) is 32.6 Å². The van der Waals surface area contributed by atoms with Crippen LogP contribution in [0.2, 0.25) is 5.02 Å². The van der Waals surface area contributed by atoms with E-state index in [0.717, 1.165) is 19.4 Å². The summed E-state index contributed by atoms with van der Waals surface area (Å²) in [7, 11) is -3.61. The minimum absolute atomic E-state index is 0. The first-order valence-electron chi connectivity index (χ1n) is 8.24. The van der Waals surface area contributed by atoms with Crippen LogP contribution in [-0.4, -0.2) is 62.3 Å². The smallest absolute Gasteiger partial charge is 0.244 e. The molecule has 1 atom stereocenters. The molecule has 0 saturated carbocycles. The summed E-state index contributed by atoms with van der Waals surface area (Å²) in [4.78, 5) is 14.2. The summed E-state index contributed by atoms with van der Waals surface area (Å²) in [6.07, 6.45) is 2.64. The van der Waals surface area contributed by atoms with E-state index in [1.807, 2.05) is 0 Å². The highest BCUT2D eigenvalue weighted by Gasteiger charge is 2.32. The number of hydrogen-bond donors (Lipinski definition) is 1. The molecule has 140 valence electrons. The Balaban J connectivity index is 0.00000225. The van der Waals surface area contributed by atoms with Gasteiger partial charge in [-0.2, -0.15) is 4.31 Å². The number of carbonyl (C=O) groups is 1. The number of halogens is 2. The van der Waals surface area contributed by atoms with E-state index in [1.165, 1.54) is 10.4 Å². The second-order valence-electron chi connectivity index (χ2n) is 6.21. The number of sulfonamides is 1. The Labute approximate surface area is 160 Å². The van der Waals surface area contributed by atoms with E-state index in [1.54, 1.807) is 23.1 Å². The van der Waals surface area contributed by atoms with E-state index < -0.39 is 10.0 Å². The number of hydrogen-bond acceptors (Lipinski definition) is 4. The molecule has 1 aromatic carbocycles. The number of piperazine rings is 1. The SMILES string of the molecule is Cl.O=C(CC1CCCN1)N1CCN(S(=O)(=O)c2ccccc2Cl)CC1. The second kappa shape index (κ2) is 8.68. The summed E-state index contributed by atoms with van der Waals surface area (Å²) < 4.78 is 26.8. The molecule has 2 heterocycles. The van der Waals surface area contributed by atoms with Gasteiger partial charge in [0.1, 0.15) is 4.90 Å². The zero-order chi connectivity index (χ0) is 17.2. The Bertz CT molecular complexity index is 700. The summed E-state index contributed by atoms with van der Waals surface area (Å²) in [5, 5.41) is 3.54. The quantitative estimate of drug-likeness (QED) is 0.824. The molecule has 25 heavy (non-hydrogen) atoms. The van der Waals surface area contributed by atoms with Crippen molar-refractivity contribution in [1.82, 2.24) is 14.5 Å². The van der Waals surface area contributed by atoms with Crippen LogP contribution in [-0.2, 0) is 14.8 Å². The molecule has 6 nitrogen and oxygen atoms in total. The number of rotatable bonds is 4. The molecule has 2 aliphatic heterocycles. The van der Waals surface area contributed by atoms with Gasteiger partial charge in [0.2, 0.25) is 15.9 Å². The maximum absolute atomic E-state index is 12.7. The molecule has 1 unspecified atom stereocenters. The van der Waals surface area contributed by atoms with Crippen molar-refractivity contribution >= 4 is 39.9 Å². The zero-order valence-corrected chi connectivity index (χ0v) is 16.2. The van der Waals surface area contributed by atoms with Crippen LogP contribution in [0.4, 0.5) is 0 Å². The molecule has 2 fully saturated rings. The van der Waals surface area contributed by atoms with Crippen molar-refractivity contribution in [3.8, 4) is 0 Å². The number of carbonyl (C=O) groups excluding carboxylic acids is 1. The lowest BCUT2D eigenvalue weighted by Crippen LogP contribution is -2.51. The lowest BCUT2D eigenvalue weighted by molar-refractivity contribution is -0.132. The standard InChI is InChI=1S/C16H22ClN3O3S.ClH/c17-14-5-1-2-6-15(14)24(22,23)20-10-8-19(9-11-20)16(21)12-13-4-3-7-18-13;/h1-2,5-6,13,18H,3-4,7-12H2;1H. The minimum Gasteiger partial charge on any atom is -0.340 e. The van der Waals surface area contributed by atoms with Crippen LogP contribution < -0.4 is 5.32 Å². The fourth-order valence-corrected chi connectivity index (χ4v) is 5.16. The highest BCUT2D eigenvalue weighted by molar-refractivity contribution is 7.89. The monoisotopic (exact) mass is 407 g/mol. The van der Waals surface area contributed by atoms with Crippen molar-refractivity contribution in [2.75, 3.05) is 32.7 Å². The van der Waals surface area contributed by atoms with Gasteiger partial charge in [-0.25, -0.2) is 8.42 Å². The molecule has 2 saturated heterocycles. The fourth-order valence-electron chi connectivity index (χ4n) is 3.24. The Morgan fingerprint density at radius 2 is 1.88 bits per heavy atom. The van der Waals surface area contributed by atoms with Crippen molar-refractivity contribution in [2.45, 2.75) is 30.2 Å². The van der Waals surface area contributed by atoms with Crippen LogP contribution in [0.15, 0.2) is 29.2 Å². The van der Waals surface area contributed by atoms with Gasteiger partial charge in [0.05, 0.1) is 5.02 Å². The number of nitrogens with one attached hydrogen (secondary N) is 1. The molecule has 0 aliphatic carbocycles. The molecule has 0 aromatic heterocycles. The predicted octanol–water partition coefficient (Wildman–Crippen LogP) is 1.74. The third kappa shape index (κ3) is 4.65. The van der Waals surface area contributed by atoms with Gasteiger partial charge in [-0.15, -0.1) is 12.4 Å². The Morgan fingerprint density at radius 3 is 2.48 bits per heavy atom. The summed E-state index contributed by atoms with van der Waals surface area (Å²) in [5.41, 5.74) is 0. The molecule has 0 bridgehead atoms. The molecular formula is C16H23Cl2N3O3S. The van der Waals surface area contributed by atoms with Crippen molar-refractivity contribution < 1.29 is 13.2 Å². The molecule has 1 N–H and O–H groups in total.